The van der Waals surface area contributed by atoms with Gasteiger partial charge in [0, 0.05) is 36.6 Å². The Balaban J connectivity index is 1.48. The lowest BCUT2D eigenvalue weighted by molar-refractivity contribution is 0.0982. The van der Waals surface area contributed by atoms with Crippen LogP contribution in [0.5, 0.6) is 5.75 Å². The number of aromatic nitrogens is 2. The number of Topliss-reactive ketones (excluding diaryl/α,β-unsaturated/α-hetero) is 1. The fraction of sp³-hybridized carbons (Fsp3) is 0.167. The second-order valence-electron chi connectivity index (χ2n) is 7.21. The number of benzene rings is 2. The monoisotopic (exact) mass is 452 g/mol. The van der Waals surface area contributed by atoms with E-state index in [4.69, 9.17) is 4.74 Å². The van der Waals surface area contributed by atoms with Gasteiger partial charge in [-0.3, -0.25) is 4.79 Å². The van der Waals surface area contributed by atoms with Gasteiger partial charge in [0.1, 0.15) is 22.1 Å². The Kier molecular flexibility index (Phi) is 6.05. The molecular weight excluding hydrogens is 431 g/mol. The minimum atomic E-state index is -3.88. The van der Waals surface area contributed by atoms with Crippen molar-refractivity contribution in [3.63, 3.8) is 0 Å². The van der Waals surface area contributed by atoms with E-state index in [1.54, 1.807) is 54.2 Å². The molecule has 6 nitrogen and oxygen atoms in total. The molecule has 164 valence electrons. The summed E-state index contributed by atoms with van der Waals surface area (Å²) in [6, 6.07) is 13.3. The van der Waals surface area contributed by atoms with Crippen molar-refractivity contribution >= 4 is 21.3 Å². The number of pyridine rings is 1. The zero-order valence-corrected chi connectivity index (χ0v) is 18.2. The number of hydrogen-bond donors (Lipinski definition) is 0. The summed E-state index contributed by atoms with van der Waals surface area (Å²) in [7, 11) is -3.88. The highest BCUT2D eigenvalue weighted by molar-refractivity contribution is 7.91. The van der Waals surface area contributed by atoms with Gasteiger partial charge in [-0.25, -0.2) is 17.8 Å². The van der Waals surface area contributed by atoms with Gasteiger partial charge in [-0.2, -0.15) is 0 Å². The van der Waals surface area contributed by atoms with Crippen molar-refractivity contribution in [3.8, 4) is 5.75 Å². The first-order valence-electron chi connectivity index (χ1n) is 10.1. The Morgan fingerprint density at radius 3 is 2.62 bits per heavy atom. The zero-order valence-electron chi connectivity index (χ0n) is 17.4. The number of nitrogens with zero attached hydrogens (tertiary/aromatic N) is 2. The molecule has 0 bridgehead atoms. The summed E-state index contributed by atoms with van der Waals surface area (Å²) in [5.74, 6) is -0.596. The largest absolute Gasteiger partial charge is 0.492 e. The van der Waals surface area contributed by atoms with Gasteiger partial charge in [0.05, 0.1) is 11.5 Å². The maximum absolute atomic E-state index is 13.5. The van der Waals surface area contributed by atoms with Gasteiger partial charge in [-0.05, 0) is 55.3 Å². The minimum absolute atomic E-state index is 0.00929. The van der Waals surface area contributed by atoms with E-state index in [1.807, 2.05) is 0 Å². The van der Waals surface area contributed by atoms with Crippen molar-refractivity contribution in [1.29, 1.82) is 0 Å². The van der Waals surface area contributed by atoms with Crippen molar-refractivity contribution < 1.29 is 22.3 Å². The molecule has 0 fully saturated rings. The van der Waals surface area contributed by atoms with Crippen LogP contribution in [0.4, 0.5) is 4.39 Å². The molecule has 4 rings (SSSR count). The van der Waals surface area contributed by atoms with Gasteiger partial charge in [-0.1, -0.05) is 12.1 Å². The van der Waals surface area contributed by atoms with Gasteiger partial charge in [0.25, 0.3) is 0 Å². The van der Waals surface area contributed by atoms with Crippen molar-refractivity contribution in [2.75, 3.05) is 6.61 Å². The second-order valence-corrected chi connectivity index (χ2v) is 9.12. The Morgan fingerprint density at radius 1 is 1.09 bits per heavy atom. The standard InChI is InChI=1S/C24H21FN2O4S/c1-2-31-22-15-19(25)7-11-23(22)32(29,30)20-8-3-17(4-9-20)5-10-21(28)18-6-12-24-26-13-14-27(24)16-18/h3-4,6-9,11-16H,2,5,10H2,1H3. The summed E-state index contributed by atoms with van der Waals surface area (Å²) in [5, 5.41) is 0. The van der Waals surface area contributed by atoms with E-state index < -0.39 is 15.7 Å². The third-order valence-electron chi connectivity index (χ3n) is 5.08. The Bertz CT molecular complexity index is 1380. The fourth-order valence-electron chi connectivity index (χ4n) is 3.42. The van der Waals surface area contributed by atoms with Gasteiger partial charge >= 0.3 is 0 Å². The third-order valence-corrected chi connectivity index (χ3v) is 6.89. The smallest absolute Gasteiger partial charge is 0.210 e. The van der Waals surface area contributed by atoms with Crippen LogP contribution in [0.15, 0.2) is 83.0 Å². The quantitative estimate of drug-likeness (QED) is 0.290. The Labute approximate surface area is 185 Å². The molecule has 2 aromatic carbocycles. The number of carbonyl (C=O) groups is 1. The van der Waals surface area contributed by atoms with E-state index in [0.29, 0.717) is 18.4 Å². The maximum Gasteiger partial charge on any atom is 0.210 e. The summed E-state index contributed by atoms with van der Waals surface area (Å²) < 4.78 is 46.7. The molecule has 32 heavy (non-hydrogen) atoms. The Morgan fingerprint density at radius 2 is 1.88 bits per heavy atom. The summed E-state index contributed by atoms with van der Waals surface area (Å²) in [6.45, 7) is 1.91. The molecule has 0 radical (unpaired) electrons. The van der Waals surface area contributed by atoms with Crippen molar-refractivity contribution in [2.24, 2.45) is 0 Å². The van der Waals surface area contributed by atoms with Crippen LogP contribution in [0.3, 0.4) is 0 Å². The number of fused-ring (bicyclic) bond motifs is 1. The van der Waals surface area contributed by atoms with E-state index in [-0.39, 0.29) is 27.9 Å². The molecule has 2 aromatic heterocycles. The van der Waals surface area contributed by atoms with Crippen LogP contribution >= 0.6 is 0 Å². The molecular formula is C24H21FN2O4S. The van der Waals surface area contributed by atoms with Gasteiger partial charge in [0.2, 0.25) is 9.84 Å². The first-order valence-corrected chi connectivity index (χ1v) is 11.6. The second kappa shape index (κ2) is 8.92. The van der Waals surface area contributed by atoms with Crippen molar-refractivity contribution in [1.82, 2.24) is 9.38 Å². The van der Waals surface area contributed by atoms with E-state index in [9.17, 15) is 17.6 Å². The van der Waals surface area contributed by atoms with Gasteiger partial charge in [-0.15, -0.1) is 0 Å². The van der Waals surface area contributed by atoms with Gasteiger partial charge in [0.15, 0.2) is 5.78 Å². The van der Waals surface area contributed by atoms with Crippen LogP contribution in [0.1, 0.15) is 29.3 Å². The van der Waals surface area contributed by atoms with Crippen LogP contribution < -0.4 is 4.74 Å². The van der Waals surface area contributed by atoms with Crippen LogP contribution in [0, 0.1) is 5.82 Å². The number of hydrogen-bond acceptors (Lipinski definition) is 5. The molecule has 0 spiro atoms. The zero-order chi connectivity index (χ0) is 22.7. The molecule has 8 heteroatoms. The molecule has 0 amide bonds. The topological polar surface area (TPSA) is 77.7 Å². The van der Waals surface area contributed by atoms with Crippen LogP contribution in [0.25, 0.3) is 5.65 Å². The molecule has 4 aromatic rings. The number of aryl methyl sites for hydroxylation is 1. The number of rotatable bonds is 8. The molecule has 0 N–H and O–H groups in total. The summed E-state index contributed by atoms with van der Waals surface area (Å²) in [6.07, 6.45) is 5.96. The summed E-state index contributed by atoms with van der Waals surface area (Å²) in [4.78, 5) is 16.7. The first-order chi connectivity index (χ1) is 15.4. The molecule has 0 saturated carbocycles. The summed E-state index contributed by atoms with van der Waals surface area (Å²) >= 11 is 0. The normalized spacial score (nSPS) is 11.6. The number of sulfone groups is 1. The molecule has 0 aliphatic carbocycles. The number of ether oxygens (including phenoxy) is 1. The summed E-state index contributed by atoms with van der Waals surface area (Å²) in [5.41, 5.74) is 2.20. The van der Waals surface area contributed by atoms with E-state index in [0.717, 1.165) is 23.3 Å². The highest BCUT2D eigenvalue weighted by atomic mass is 32.2. The number of ketones is 1. The molecule has 0 unspecified atom stereocenters. The highest BCUT2D eigenvalue weighted by Crippen LogP contribution is 2.30. The number of carbonyl (C=O) groups excluding carboxylic acids is 1. The van der Waals surface area contributed by atoms with Gasteiger partial charge < -0.3 is 9.14 Å². The SMILES string of the molecule is CCOc1cc(F)ccc1S(=O)(=O)c1ccc(CCC(=O)c2ccc3nccn3c2)cc1. The lowest BCUT2D eigenvalue weighted by Gasteiger charge is -2.11. The third kappa shape index (κ3) is 4.40. The molecule has 0 atom stereocenters. The van der Waals surface area contributed by atoms with Crippen LogP contribution in [-0.2, 0) is 16.3 Å². The minimum Gasteiger partial charge on any atom is -0.492 e. The molecule has 2 heterocycles. The molecule has 0 aliphatic heterocycles. The maximum atomic E-state index is 13.5. The van der Waals surface area contributed by atoms with Crippen LogP contribution in [0.2, 0.25) is 0 Å². The van der Waals surface area contributed by atoms with Crippen LogP contribution in [-0.4, -0.2) is 30.2 Å². The predicted octanol–water partition coefficient (Wildman–Crippen LogP) is 4.52. The predicted molar refractivity (Wildman–Crippen MR) is 117 cm³/mol. The van der Waals surface area contributed by atoms with Crippen molar-refractivity contribution in [2.45, 2.75) is 29.6 Å². The first kappa shape index (κ1) is 21.7. The fourth-order valence-corrected chi connectivity index (χ4v) is 4.80. The number of halogens is 1. The van der Waals surface area contributed by atoms with E-state index in [2.05, 4.69) is 4.98 Å². The molecule has 0 aliphatic rings. The van der Waals surface area contributed by atoms with Crippen molar-refractivity contribution in [3.05, 3.63) is 90.1 Å². The average molecular weight is 453 g/mol. The molecule has 0 saturated heterocycles. The Hall–Kier alpha value is -3.52. The van der Waals surface area contributed by atoms with E-state index >= 15 is 0 Å². The highest BCUT2D eigenvalue weighted by Gasteiger charge is 2.23. The average Bonchev–Trinajstić information content (AvgIpc) is 3.26. The lowest BCUT2D eigenvalue weighted by Crippen LogP contribution is -2.06. The number of imidazole rings is 1. The lowest BCUT2D eigenvalue weighted by atomic mass is 10.0. The van der Waals surface area contributed by atoms with E-state index in [1.165, 1.54) is 18.2 Å².